The van der Waals surface area contributed by atoms with Crippen molar-refractivity contribution in [2.75, 3.05) is 11.9 Å². The Kier molecular flexibility index (Phi) is 4.68. The maximum Gasteiger partial charge on any atom is 0.405 e. The van der Waals surface area contributed by atoms with Gasteiger partial charge in [0.2, 0.25) is 0 Å². The highest BCUT2D eigenvalue weighted by molar-refractivity contribution is 5.91. The predicted molar refractivity (Wildman–Crippen MR) is 73.0 cm³/mol. The average molecular weight is 288 g/mol. The summed E-state index contributed by atoms with van der Waals surface area (Å²) in [5.41, 5.74) is 2.01. The third-order valence-corrected chi connectivity index (χ3v) is 2.77. The summed E-state index contributed by atoms with van der Waals surface area (Å²) in [6.07, 6.45) is -4.42. The molecule has 1 rings (SSSR count). The van der Waals surface area contributed by atoms with E-state index in [1.807, 2.05) is 32.9 Å². The van der Waals surface area contributed by atoms with Crippen LogP contribution in [0.3, 0.4) is 0 Å². The number of alkyl halides is 3. The summed E-state index contributed by atoms with van der Waals surface area (Å²) in [4.78, 5) is 11.6. The van der Waals surface area contributed by atoms with Gasteiger partial charge in [-0.15, -0.1) is 0 Å². The highest BCUT2D eigenvalue weighted by Gasteiger charge is 2.28. The van der Waals surface area contributed by atoms with E-state index in [4.69, 9.17) is 0 Å². The molecular formula is C14H19F3N2O. The largest absolute Gasteiger partial charge is 0.405 e. The Morgan fingerprint density at radius 3 is 2.30 bits per heavy atom. The summed E-state index contributed by atoms with van der Waals surface area (Å²) in [5, 5.41) is 4.31. The summed E-state index contributed by atoms with van der Waals surface area (Å²) in [6, 6.07) is 4.65. The Balaban J connectivity index is 2.90. The minimum atomic E-state index is -4.42. The van der Waals surface area contributed by atoms with Gasteiger partial charge >= 0.3 is 12.2 Å². The van der Waals surface area contributed by atoms with Gasteiger partial charge in [0.15, 0.2) is 0 Å². The zero-order valence-electron chi connectivity index (χ0n) is 12.0. The minimum absolute atomic E-state index is 0.224. The lowest BCUT2D eigenvalue weighted by molar-refractivity contribution is -0.122. The van der Waals surface area contributed by atoms with Crippen molar-refractivity contribution in [2.45, 2.75) is 39.3 Å². The van der Waals surface area contributed by atoms with E-state index in [1.165, 1.54) is 0 Å². The van der Waals surface area contributed by atoms with E-state index in [0.717, 1.165) is 11.1 Å². The summed E-state index contributed by atoms with van der Waals surface area (Å²) in [6.45, 7) is 6.37. The van der Waals surface area contributed by atoms with Crippen LogP contribution in [0.5, 0.6) is 0 Å². The van der Waals surface area contributed by atoms with Gasteiger partial charge in [-0.05, 0) is 23.5 Å². The first-order valence-electron chi connectivity index (χ1n) is 6.22. The van der Waals surface area contributed by atoms with Crippen LogP contribution in [0.25, 0.3) is 0 Å². The second-order valence-electron chi connectivity index (χ2n) is 5.67. The highest BCUT2D eigenvalue weighted by atomic mass is 19.4. The van der Waals surface area contributed by atoms with Gasteiger partial charge in [-0.3, -0.25) is 0 Å². The van der Waals surface area contributed by atoms with E-state index < -0.39 is 18.8 Å². The maximum atomic E-state index is 12.1. The lowest BCUT2D eigenvalue weighted by Gasteiger charge is -2.24. The summed E-state index contributed by atoms with van der Waals surface area (Å²) >= 11 is 0. The first kappa shape index (κ1) is 16.3. The van der Waals surface area contributed by atoms with Crippen molar-refractivity contribution in [1.29, 1.82) is 0 Å². The van der Waals surface area contributed by atoms with Crippen LogP contribution in [-0.2, 0) is 5.41 Å². The van der Waals surface area contributed by atoms with Gasteiger partial charge in [0.1, 0.15) is 6.54 Å². The summed E-state index contributed by atoms with van der Waals surface area (Å²) < 4.78 is 36.2. The molecule has 6 heteroatoms. The molecule has 0 unspecified atom stereocenters. The Morgan fingerprint density at radius 2 is 1.80 bits per heavy atom. The van der Waals surface area contributed by atoms with Crippen LogP contribution in [-0.4, -0.2) is 18.8 Å². The normalized spacial score (nSPS) is 12.2. The van der Waals surface area contributed by atoms with Crippen LogP contribution < -0.4 is 10.6 Å². The Bertz CT molecular complexity index is 490. The zero-order chi connectivity index (χ0) is 15.6. The van der Waals surface area contributed by atoms with Crippen LogP contribution >= 0.6 is 0 Å². The van der Waals surface area contributed by atoms with E-state index in [9.17, 15) is 18.0 Å². The molecule has 2 amide bonds. The van der Waals surface area contributed by atoms with Crippen molar-refractivity contribution in [1.82, 2.24) is 5.32 Å². The average Bonchev–Trinajstić information content (AvgIpc) is 2.27. The third-order valence-electron chi connectivity index (χ3n) is 2.77. The van der Waals surface area contributed by atoms with E-state index >= 15 is 0 Å². The Hall–Kier alpha value is -1.72. The molecule has 0 heterocycles. The van der Waals surface area contributed by atoms with Crippen LogP contribution in [0.1, 0.15) is 31.9 Å². The molecule has 0 bridgehead atoms. The molecule has 112 valence electrons. The molecule has 0 fully saturated rings. The number of nitrogens with one attached hydrogen (secondary N) is 2. The van der Waals surface area contributed by atoms with Gasteiger partial charge < -0.3 is 10.6 Å². The number of amides is 2. The molecule has 0 aromatic heterocycles. The molecule has 1 aromatic rings. The minimum Gasteiger partial charge on any atom is -0.329 e. The van der Waals surface area contributed by atoms with Gasteiger partial charge in [-0.2, -0.15) is 13.2 Å². The van der Waals surface area contributed by atoms with Crippen LogP contribution in [0.2, 0.25) is 0 Å². The molecule has 0 aliphatic carbocycles. The Morgan fingerprint density at radius 1 is 1.20 bits per heavy atom. The molecular weight excluding hydrogens is 269 g/mol. The lowest BCUT2D eigenvalue weighted by atomic mass is 9.84. The predicted octanol–water partition coefficient (Wildman–Crippen LogP) is 3.98. The number of anilines is 1. The molecule has 0 radical (unpaired) electrons. The summed E-state index contributed by atoms with van der Waals surface area (Å²) in [5.74, 6) is 0. The fourth-order valence-corrected chi connectivity index (χ4v) is 1.80. The van der Waals surface area contributed by atoms with Gasteiger partial charge in [0.05, 0.1) is 0 Å². The van der Waals surface area contributed by atoms with E-state index in [-0.39, 0.29) is 5.41 Å². The number of carbonyl (C=O) groups excluding carboxylic acids is 1. The van der Waals surface area contributed by atoms with Crippen molar-refractivity contribution < 1.29 is 18.0 Å². The number of rotatable bonds is 2. The van der Waals surface area contributed by atoms with Gasteiger partial charge in [-0.25, -0.2) is 4.79 Å². The van der Waals surface area contributed by atoms with Gasteiger partial charge in [0, 0.05) is 5.69 Å². The van der Waals surface area contributed by atoms with Gasteiger partial charge in [-0.1, -0.05) is 39.0 Å². The SMILES string of the molecule is Cc1cccc(C(C)(C)C)c1NC(=O)NCC(F)(F)F. The topological polar surface area (TPSA) is 41.1 Å². The maximum absolute atomic E-state index is 12.1. The number of hydrogen-bond acceptors (Lipinski definition) is 1. The number of urea groups is 1. The molecule has 0 saturated carbocycles. The zero-order valence-corrected chi connectivity index (χ0v) is 12.0. The number of hydrogen-bond donors (Lipinski definition) is 2. The lowest BCUT2D eigenvalue weighted by Crippen LogP contribution is -2.37. The van der Waals surface area contributed by atoms with Crippen LogP contribution in [0.4, 0.5) is 23.7 Å². The molecule has 0 aliphatic heterocycles. The molecule has 0 atom stereocenters. The van der Waals surface area contributed by atoms with Crippen LogP contribution in [0, 0.1) is 6.92 Å². The molecule has 1 aromatic carbocycles. The van der Waals surface area contributed by atoms with Gasteiger partial charge in [0.25, 0.3) is 0 Å². The fraction of sp³-hybridized carbons (Fsp3) is 0.500. The van der Waals surface area contributed by atoms with Crippen molar-refractivity contribution in [3.63, 3.8) is 0 Å². The molecule has 0 aliphatic rings. The monoisotopic (exact) mass is 288 g/mol. The molecule has 0 spiro atoms. The first-order chi connectivity index (χ1) is 9.00. The second-order valence-corrected chi connectivity index (χ2v) is 5.67. The van der Waals surface area contributed by atoms with Crippen molar-refractivity contribution in [3.8, 4) is 0 Å². The fourth-order valence-electron chi connectivity index (χ4n) is 1.80. The first-order valence-corrected chi connectivity index (χ1v) is 6.22. The van der Waals surface area contributed by atoms with E-state index in [0.29, 0.717) is 5.69 Å². The number of para-hydroxylation sites is 1. The van der Waals surface area contributed by atoms with E-state index in [1.54, 1.807) is 18.3 Å². The number of halogens is 3. The number of benzene rings is 1. The van der Waals surface area contributed by atoms with Crippen molar-refractivity contribution in [2.24, 2.45) is 0 Å². The number of aryl methyl sites for hydroxylation is 1. The van der Waals surface area contributed by atoms with Crippen LogP contribution in [0.15, 0.2) is 18.2 Å². The quantitative estimate of drug-likeness (QED) is 0.849. The highest BCUT2D eigenvalue weighted by Crippen LogP contribution is 2.31. The number of carbonyl (C=O) groups is 1. The third kappa shape index (κ3) is 4.75. The Labute approximate surface area is 116 Å². The molecule has 3 nitrogen and oxygen atoms in total. The molecule has 2 N–H and O–H groups in total. The second kappa shape index (κ2) is 5.73. The molecule has 0 saturated heterocycles. The van der Waals surface area contributed by atoms with E-state index in [2.05, 4.69) is 5.32 Å². The van der Waals surface area contributed by atoms with Crippen molar-refractivity contribution >= 4 is 11.7 Å². The summed E-state index contributed by atoms with van der Waals surface area (Å²) in [7, 11) is 0. The molecule has 20 heavy (non-hydrogen) atoms. The standard InChI is InChI=1S/C14H19F3N2O/c1-9-6-5-7-10(13(2,3)4)11(9)19-12(20)18-8-14(15,16)17/h5-7H,8H2,1-4H3,(H2,18,19,20). The smallest absolute Gasteiger partial charge is 0.329 e. The van der Waals surface area contributed by atoms with Crippen molar-refractivity contribution in [3.05, 3.63) is 29.3 Å².